The molecule has 7 nitrogen and oxygen atoms in total. The van der Waals surface area contributed by atoms with Crippen LogP contribution in [-0.4, -0.2) is 22.6 Å². The molecule has 4 N–H and O–H groups in total. The zero-order valence-corrected chi connectivity index (χ0v) is 8.70. The second-order valence-electron chi connectivity index (χ2n) is 2.20. The Labute approximate surface area is 85.7 Å². The fourth-order valence-corrected chi connectivity index (χ4v) is 0.677. The van der Waals surface area contributed by atoms with Gasteiger partial charge in [0.1, 0.15) is 11.2 Å². The van der Waals surface area contributed by atoms with Gasteiger partial charge in [0.2, 0.25) is 6.20 Å². The van der Waals surface area contributed by atoms with Crippen LogP contribution in [0.25, 0.3) is 0 Å². The number of aromatic nitrogens is 2. The third-order valence-electron chi connectivity index (χ3n) is 0.955. The summed E-state index contributed by atoms with van der Waals surface area (Å²) in [5.41, 5.74) is 5.89. The minimum Gasteiger partial charge on any atom is -0.396 e. The molecule has 0 spiro atoms. The molecule has 0 unspecified atom stereocenters. The Morgan fingerprint density at radius 1 is 1.57 bits per heavy atom. The number of aryl methyl sites for hydroxylation is 1. The highest BCUT2D eigenvalue weighted by Gasteiger charge is 1.99. The number of hydrogen-bond acceptors (Lipinski definition) is 4. The maximum atomic E-state index is 8.74. The SMILES string of the molecule is C[n+]1cc(Cl)c(N)cn1.O=S(=O)(O)O. The Morgan fingerprint density at radius 3 is 2.29 bits per heavy atom. The van der Waals surface area contributed by atoms with Crippen LogP contribution < -0.4 is 10.4 Å². The van der Waals surface area contributed by atoms with Gasteiger partial charge in [-0.2, -0.15) is 8.42 Å². The predicted octanol–water partition coefficient (Wildman–Crippen LogP) is -0.511. The molecule has 0 fully saturated rings. The van der Waals surface area contributed by atoms with Gasteiger partial charge >= 0.3 is 10.4 Å². The lowest BCUT2D eigenvalue weighted by Crippen LogP contribution is -2.31. The van der Waals surface area contributed by atoms with E-state index in [4.69, 9.17) is 34.9 Å². The van der Waals surface area contributed by atoms with Gasteiger partial charge < -0.3 is 5.73 Å². The van der Waals surface area contributed by atoms with Crippen LogP contribution in [0.15, 0.2) is 12.4 Å². The predicted molar refractivity (Wildman–Crippen MR) is 49.0 cm³/mol. The monoisotopic (exact) mass is 242 g/mol. The molecule has 1 aromatic rings. The van der Waals surface area contributed by atoms with Gasteiger partial charge in [-0.3, -0.25) is 9.11 Å². The third kappa shape index (κ3) is 7.68. The molecule has 0 aliphatic carbocycles. The lowest BCUT2D eigenvalue weighted by molar-refractivity contribution is -0.730. The highest BCUT2D eigenvalue weighted by molar-refractivity contribution is 7.79. The van der Waals surface area contributed by atoms with Gasteiger partial charge in [-0.1, -0.05) is 16.3 Å². The van der Waals surface area contributed by atoms with E-state index in [1.54, 1.807) is 17.9 Å². The second kappa shape index (κ2) is 5.05. The number of nitrogens with zero attached hydrogens (tertiary/aromatic N) is 2. The number of anilines is 1. The molecule has 1 rings (SSSR count). The molecule has 0 saturated heterocycles. The van der Waals surface area contributed by atoms with Crippen LogP contribution in [0.4, 0.5) is 5.69 Å². The third-order valence-corrected chi connectivity index (χ3v) is 1.27. The molecule has 9 heteroatoms. The molecule has 0 aromatic carbocycles. The molecule has 0 saturated carbocycles. The Kier molecular flexibility index (Phi) is 4.71. The summed E-state index contributed by atoms with van der Waals surface area (Å²) < 4.78 is 33.2. The van der Waals surface area contributed by atoms with E-state index >= 15 is 0 Å². The fraction of sp³-hybridized carbons (Fsp3) is 0.200. The van der Waals surface area contributed by atoms with Gasteiger partial charge in [0.05, 0.1) is 5.69 Å². The Balaban J connectivity index is 0.000000292. The van der Waals surface area contributed by atoms with Crippen molar-refractivity contribution in [1.29, 1.82) is 0 Å². The zero-order valence-electron chi connectivity index (χ0n) is 7.12. The lowest BCUT2D eigenvalue weighted by atomic mass is 10.5. The van der Waals surface area contributed by atoms with Gasteiger partial charge in [-0.15, -0.1) is 0 Å². The van der Waals surface area contributed by atoms with Crippen molar-refractivity contribution in [2.45, 2.75) is 0 Å². The summed E-state index contributed by atoms with van der Waals surface area (Å²) in [6, 6.07) is 0. The summed E-state index contributed by atoms with van der Waals surface area (Å²) in [6.07, 6.45) is 3.17. The minimum absolute atomic E-state index is 0.509. The second-order valence-corrected chi connectivity index (χ2v) is 3.50. The normalized spacial score (nSPS) is 10.3. The summed E-state index contributed by atoms with van der Waals surface area (Å²) >= 11 is 5.63. The van der Waals surface area contributed by atoms with Gasteiger partial charge in [0.15, 0.2) is 7.05 Å². The van der Waals surface area contributed by atoms with E-state index in [0.29, 0.717) is 10.7 Å². The smallest absolute Gasteiger partial charge is 0.394 e. The molecule has 0 amide bonds. The highest BCUT2D eigenvalue weighted by atomic mass is 35.5. The summed E-state index contributed by atoms with van der Waals surface area (Å²) in [7, 11) is -2.88. The van der Waals surface area contributed by atoms with Gasteiger partial charge in [-0.25, -0.2) is 0 Å². The fourth-order valence-electron chi connectivity index (χ4n) is 0.487. The molecule has 1 heterocycles. The molecule has 0 atom stereocenters. The van der Waals surface area contributed by atoms with E-state index in [0.717, 1.165) is 0 Å². The van der Waals surface area contributed by atoms with Crippen molar-refractivity contribution in [2.24, 2.45) is 7.05 Å². The summed E-state index contributed by atoms with van der Waals surface area (Å²) in [4.78, 5) is 0. The van der Waals surface area contributed by atoms with Gasteiger partial charge in [0, 0.05) is 0 Å². The van der Waals surface area contributed by atoms with E-state index < -0.39 is 10.4 Å². The molecule has 0 radical (unpaired) electrons. The van der Waals surface area contributed by atoms with Crippen molar-refractivity contribution < 1.29 is 22.2 Å². The number of nitrogens with two attached hydrogens (primary N) is 1. The van der Waals surface area contributed by atoms with E-state index in [1.807, 2.05) is 0 Å². The minimum atomic E-state index is -4.67. The van der Waals surface area contributed by atoms with Crippen LogP contribution in [0.2, 0.25) is 5.02 Å². The number of halogens is 1. The first-order valence-electron chi connectivity index (χ1n) is 3.17. The van der Waals surface area contributed by atoms with Crippen LogP contribution in [0, 0.1) is 0 Å². The molecule has 1 aromatic heterocycles. The van der Waals surface area contributed by atoms with E-state index in [2.05, 4.69) is 5.10 Å². The first-order chi connectivity index (χ1) is 6.20. The van der Waals surface area contributed by atoms with Crippen molar-refractivity contribution in [3.8, 4) is 0 Å². The standard InChI is InChI=1S/C5H6ClN3.H2O4S/c1-9-3-4(6)5(7)2-8-9;1-5(2,3)4/h2-3,7H,1H3;(H2,1,2,3,4)/p+1. The zero-order chi connectivity index (χ0) is 11.4. The van der Waals surface area contributed by atoms with Crippen LogP contribution >= 0.6 is 11.6 Å². The molecule has 14 heavy (non-hydrogen) atoms. The number of rotatable bonds is 0. The highest BCUT2D eigenvalue weighted by Crippen LogP contribution is 2.11. The Bertz CT molecular complexity index is 399. The molecule has 80 valence electrons. The van der Waals surface area contributed by atoms with Crippen LogP contribution in [0.3, 0.4) is 0 Å². The van der Waals surface area contributed by atoms with Crippen LogP contribution in [0.5, 0.6) is 0 Å². The number of hydrogen-bond donors (Lipinski definition) is 3. The first kappa shape index (κ1) is 13.0. The Hall–Kier alpha value is -0.960. The maximum absolute atomic E-state index is 8.74. The first-order valence-corrected chi connectivity index (χ1v) is 4.94. The summed E-state index contributed by atoms with van der Waals surface area (Å²) in [5.74, 6) is 0. The molecular formula is C5H9ClN3O4S+. The van der Waals surface area contributed by atoms with E-state index in [1.165, 1.54) is 6.20 Å². The average molecular weight is 243 g/mol. The van der Waals surface area contributed by atoms with E-state index in [9.17, 15) is 0 Å². The topological polar surface area (TPSA) is 117 Å². The maximum Gasteiger partial charge on any atom is 0.394 e. The van der Waals surface area contributed by atoms with Crippen molar-refractivity contribution in [2.75, 3.05) is 5.73 Å². The number of nitrogen functional groups attached to an aromatic ring is 1. The quantitative estimate of drug-likeness (QED) is 0.417. The Morgan fingerprint density at radius 2 is 2.00 bits per heavy atom. The summed E-state index contributed by atoms with van der Waals surface area (Å²) in [5, 5.41) is 4.38. The average Bonchev–Trinajstić information content (AvgIpc) is 1.94. The molecule has 0 aliphatic heterocycles. The van der Waals surface area contributed by atoms with Crippen LogP contribution in [-0.2, 0) is 17.4 Å². The van der Waals surface area contributed by atoms with E-state index in [-0.39, 0.29) is 0 Å². The summed E-state index contributed by atoms with van der Waals surface area (Å²) in [6.45, 7) is 0. The van der Waals surface area contributed by atoms with Gasteiger partial charge in [-0.05, 0) is 5.10 Å². The van der Waals surface area contributed by atoms with Crippen molar-refractivity contribution in [3.05, 3.63) is 17.4 Å². The van der Waals surface area contributed by atoms with Gasteiger partial charge in [0.25, 0.3) is 0 Å². The molecule has 0 bridgehead atoms. The lowest BCUT2D eigenvalue weighted by Gasteiger charge is -1.89. The molecular weight excluding hydrogens is 234 g/mol. The van der Waals surface area contributed by atoms with Crippen molar-refractivity contribution >= 4 is 27.7 Å². The van der Waals surface area contributed by atoms with Crippen LogP contribution in [0.1, 0.15) is 0 Å². The van der Waals surface area contributed by atoms with Crippen molar-refractivity contribution in [3.63, 3.8) is 0 Å². The largest absolute Gasteiger partial charge is 0.396 e. The molecule has 0 aliphatic rings. The van der Waals surface area contributed by atoms with Crippen molar-refractivity contribution in [1.82, 2.24) is 5.10 Å².